The topological polar surface area (TPSA) is 107 Å². The summed E-state index contributed by atoms with van der Waals surface area (Å²) in [5.41, 5.74) is 2.19. The van der Waals surface area contributed by atoms with Crippen molar-refractivity contribution < 1.29 is 0 Å². The Labute approximate surface area is 175 Å². The second kappa shape index (κ2) is 8.66. The van der Waals surface area contributed by atoms with Crippen molar-refractivity contribution in [1.29, 1.82) is 10.8 Å². The van der Waals surface area contributed by atoms with Crippen molar-refractivity contribution in [1.82, 2.24) is 19.7 Å². The van der Waals surface area contributed by atoms with Gasteiger partial charge in [-0.05, 0) is 30.2 Å². The van der Waals surface area contributed by atoms with Crippen LogP contribution in [0.3, 0.4) is 0 Å². The SMILES string of the molecule is CN=CC(C=N)c1cc#cc(C(=N)c2cc(N3CCC(n4cccn4)C3)ncn2)c1. The van der Waals surface area contributed by atoms with Crippen molar-refractivity contribution in [2.75, 3.05) is 25.0 Å². The fourth-order valence-corrected chi connectivity index (χ4v) is 3.61. The summed E-state index contributed by atoms with van der Waals surface area (Å²) in [6.07, 6.45) is 9.28. The molecule has 0 bridgehead atoms. The number of rotatable bonds is 7. The van der Waals surface area contributed by atoms with Crippen LogP contribution >= 0.6 is 0 Å². The van der Waals surface area contributed by atoms with E-state index in [9.17, 15) is 0 Å². The van der Waals surface area contributed by atoms with Gasteiger partial charge < -0.3 is 10.3 Å². The van der Waals surface area contributed by atoms with Crippen LogP contribution in [0, 0.1) is 23.0 Å². The number of anilines is 1. The van der Waals surface area contributed by atoms with E-state index < -0.39 is 0 Å². The van der Waals surface area contributed by atoms with Crippen molar-refractivity contribution in [3.05, 3.63) is 71.9 Å². The van der Waals surface area contributed by atoms with Gasteiger partial charge in [-0.2, -0.15) is 5.10 Å². The van der Waals surface area contributed by atoms with Gasteiger partial charge in [-0.25, -0.2) is 9.97 Å². The molecule has 1 aliphatic heterocycles. The summed E-state index contributed by atoms with van der Waals surface area (Å²) in [7, 11) is 1.68. The molecule has 30 heavy (non-hydrogen) atoms. The van der Waals surface area contributed by atoms with Crippen LogP contribution in [0.4, 0.5) is 5.82 Å². The lowest BCUT2D eigenvalue weighted by molar-refractivity contribution is 0.494. The largest absolute Gasteiger partial charge is 0.354 e. The minimum Gasteiger partial charge on any atom is -0.354 e. The molecule has 1 aliphatic rings. The van der Waals surface area contributed by atoms with Gasteiger partial charge in [-0.1, -0.05) is 12.1 Å². The number of nitrogens with one attached hydrogen (secondary N) is 2. The van der Waals surface area contributed by atoms with E-state index in [1.165, 1.54) is 12.5 Å². The maximum atomic E-state index is 8.62. The Kier molecular flexibility index (Phi) is 5.61. The quantitative estimate of drug-likeness (QED) is 0.597. The zero-order valence-electron chi connectivity index (χ0n) is 16.7. The van der Waals surface area contributed by atoms with Gasteiger partial charge >= 0.3 is 0 Å². The third-order valence-electron chi connectivity index (χ3n) is 5.20. The van der Waals surface area contributed by atoms with Crippen molar-refractivity contribution in [3.8, 4) is 0 Å². The van der Waals surface area contributed by atoms with Gasteiger partial charge in [-0.15, -0.1) is 0 Å². The molecule has 0 amide bonds. The zero-order chi connectivity index (χ0) is 20.9. The van der Waals surface area contributed by atoms with Gasteiger partial charge in [0.2, 0.25) is 0 Å². The number of hydrogen-bond acceptors (Lipinski definition) is 7. The number of aliphatic imine (C=N–C) groups is 1. The number of nitrogens with zero attached hydrogens (tertiary/aromatic N) is 6. The van der Waals surface area contributed by atoms with E-state index in [4.69, 9.17) is 10.8 Å². The maximum Gasteiger partial charge on any atom is 0.132 e. The van der Waals surface area contributed by atoms with E-state index in [0.29, 0.717) is 17.3 Å². The Morgan fingerprint density at radius 2 is 2.27 bits per heavy atom. The Balaban J connectivity index is 1.54. The zero-order valence-corrected chi connectivity index (χ0v) is 16.7. The molecule has 2 unspecified atom stereocenters. The third kappa shape index (κ3) is 3.96. The highest BCUT2D eigenvalue weighted by Crippen LogP contribution is 2.25. The van der Waals surface area contributed by atoms with Crippen LogP contribution < -0.4 is 4.90 Å². The molecule has 0 spiro atoms. The maximum absolute atomic E-state index is 8.62. The van der Waals surface area contributed by atoms with Crippen molar-refractivity contribution in [2.24, 2.45) is 4.99 Å². The smallest absolute Gasteiger partial charge is 0.132 e. The molecule has 150 valence electrons. The van der Waals surface area contributed by atoms with Crippen LogP contribution in [0.5, 0.6) is 0 Å². The van der Waals surface area contributed by atoms with E-state index in [1.807, 2.05) is 29.1 Å². The van der Waals surface area contributed by atoms with E-state index >= 15 is 0 Å². The minimum absolute atomic E-state index is 0.247. The molecule has 0 radical (unpaired) electrons. The highest BCUT2D eigenvalue weighted by molar-refractivity contribution is 6.09. The van der Waals surface area contributed by atoms with E-state index in [2.05, 4.69) is 37.1 Å². The highest BCUT2D eigenvalue weighted by atomic mass is 15.3. The van der Waals surface area contributed by atoms with Gasteiger partial charge in [0.25, 0.3) is 0 Å². The average Bonchev–Trinajstić information content (AvgIpc) is 3.49. The second-order valence-corrected chi connectivity index (χ2v) is 7.08. The van der Waals surface area contributed by atoms with E-state index in [0.717, 1.165) is 30.9 Å². The summed E-state index contributed by atoms with van der Waals surface area (Å²) in [6, 6.07) is 13.6. The van der Waals surface area contributed by atoms with Crippen LogP contribution in [0.2, 0.25) is 0 Å². The summed E-state index contributed by atoms with van der Waals surface area (Å²) in [5, 5.41) is 20.6. The molecule has 4 rings (SSSR count). The first-order chi connectivity index (χ1) is 14.7. The Morgan fingerprint density at radius 1 is 1.37 bits per heavy atom. The Hall–Kier alpha value is -3.86. The first-order valence-electron chi connectivity index (χ1n) is 9.71. The molecule has 1 aromatic carbocycles. The van der Waals surface area contributed by atoms with Gasteiger partial charge in [0.1, 0.15) is 12.1 Å². The fraction of sp³-hybridized carbons (Fsp3) is 0.273. The second-order valence-electron chi connectivity index (χ2n) is 7.08. The molecular formula is C22H22N8. The first-order valence-corrected chi connectivity index (χ1v) is 9.71. The van der Waals surface area contributed by atoms with Gasteiger partial charge in [0, 0.05) is 51.0 Å². The van der Waals surface area contributed by atoms with Gasteiger partial charge in [0.15, 0.2) is 0 Å². The fourth-order valence-electron chi connectivity index (χ4n) is 3.61. The average molecular weight is 398 g/mol. The van der Waals surface area contributed by atoms with Crippen LogP contribution in [-0.4, -0.2) is 58.0 Å². The summed E-state index contributed by atoms with van der Waals surface area (Å²) in [5.74, 6) is 0.548. The lowest BCUT2D eigenvalue weighted by atomic mass is 9.98. The first kappa shape index (κ1) is 19.5. The highest BCUT2D eigenvalue weighted by Gasteiger charge is 2.25. The normalized spacial score (nSPS) is 17.1. The molecule has 3 heterocycles. The monoisotopic (exact) mass is 398 g/mol. The molecular weight excluding hydrogens is 376 g/mol. The molecule has 2 N–H and O–H groups in total. The summed E-state index contributed by atoms with van der Waals surface area (Å²) in [6.45, 7) is 1.69. The van der Waals surface area contributed by atoms with E-state index in [-0.39, 0.29) is 11.6 Å². The lowest BCUT2D eigenvalue weighted by Crippen LogP contribution is -2.22. The molecule has 8 nitrogen and oxygen atoms in total. The molecule has 2 atom stereocenters. The van der Waals surface area contributed by atoms with Crippen LogP contribution in [-0.2, 0) is 0 Å². The van der Waals surface area contributed by atoms with Crippen LogP contribution in [0.1, 0.15) is 35.2 Å². The van der Waals surface area contributed by atoms with Gasteiger partial charge in [-0.3, -0.25) is 15.1 Å². The Morgan fingerprint density at radius 3 is 3.03 bits per heavy atom. The molecule has 8 heteroatoms. The number of aromatic nitrogens is 4. The molecule has 1 saturated heterocycles. The predicted octanol–water partition coefficient (Wildman–Crippen LogP) is 2.57. The minimum atomic E-state index is -0.253. The predicted molar refractivity (Wildman–Crippen MR) is 116 cm³/mol. The standard InChI is InChI=1S/C22H22N8/c1-25-13-18(12-23)16-4-2-5-17(10-16)22(24)20-11-21(27-15-26-20)29-9-6-19(14-29)30-8-3-7-28-30/h3-4,7-8,10-13,15,18-19,23-24H,6,9,14H2,1H3. The van der Waals surface area contributed by atoms with Crippen molar-refractivity contribution in [2.45, 2.75) is 18.4 Å². The lowest BCUT2D eigenvalue weighted by Gasteiger charge is -2.18. The summed E-state index contributed by atoms with van der Waals surface area (Å²) < 4.78 is 1.99. The number of hydrogen-bond donors (Lipinski definition) is 2. The van der Waals surface area contributed by atoms with Crippen molar-refractivity contribution >= 4 is 24.0 Å². The molecule has 2 aromatic heterocycles. The molecule has 0 aliphatic carbocycles. The van der Waals surface area contributed by atoms with Crippen LogP contribution in [0.15, 0.2) is 48.0 Å². The third-order valence-corrected chi connectivity index (χ3v) is 5.20. The Bertz CT molecular complexity index is 1060. The van der Waals surface area contributed by atoms with Crippen LogP contribution in [0.25, 0.3) is 0 Å². The van der Waals surface area contributed by atoms with E-state index in [1.54, 1.807) is 25.5 Å². The van der Waals surface area contributed by atoms with Crippen molar-refractivity contribution in [3.63, 3.8) is 0 Å². The molecule has 3 aromatic rings. The molecule has 1 fully saturated rings. The summed E-state index contributed by atoms with van der Waals surface area (Å²) >= 11 is 0. The summed E-state index contributed by atoms with van der Waals surface area (Å²) in [4.78, 5) is 14.9. The van der Waals surface area contributed by atoms with Gasteiger partial charge in [0.05, 0.1) is 28.9 Å². The molecule has 0 saturated carbocycles.